The molecule has 0 aliphatic heterocycles. The van der Waals surface area contributed by atoms with Gasteiger partial charge in [0, 0.05) is 19.0 Å². The number of aromatic nitrogens is 2. The summed E-state index contributed by atoms with van der Waals surface area (Å²) in [5.74, 6) is 0.185. The number of rotatable bonds is 5. The molecule has 2 rings (SSSR count). The van der Waals surface area contributed by atoms with Crippen molar-refractivity contribution in [2.75, 3.05) is 6.54 Å². The van der Waals surface area contributed by atoms with Crippen molar-refractivity contribution >= 4 is 11.6 Å². The van der Waals surface area contributed by atoms with Crippen molar-refractivity contribution in [3.63, 3.8) is 0 Å². The zero-order valence-corrected chi connectivity index (χ0v) is 10.6. The van der Waals surface area contributed by atoms with Gasteiger partial charge in [-0.15, -0.1) is 0 Å². The summed E-state index contributed by atoms with van der Waals surface area (Å²) in [5, 5.41) is 6.94. The van der Waals surface area contributed by atoms with Crippen LogP contribution >= 0.6 is 11.6 Å². The lowest BCUT2D eigenvalue weighted by atomic mass is 10.1. The van der Waals surface area contributed by atoms with Gasteiger partial charge in [0.05, 0.1) is 5.02 Å². The summed E-state index contributed by atoms with van der Waals surface area (Å²) in [7, 11) is 0. The van der Waals surface area contributed by atoms with Crippen LogP contribution < -0.4 is 5.32 Å². The van der Waals surface area contributed by atoms with Crippen LogP contribution in [-0.4, -0.2) is 16.7 Å². The Bertz CT molecular complexity index is 504. The Morgan fingerprint density at radius 1 is 1.50 bits per heavy atom. The summed E-state index contributed by atoms with van der Waals surface area (Å²) in [4.78, 5) is 3.92. The smallest absolute Gasteiger partial charge is 0.227 e. The monoisotopic (exact) mass is 269 g/mol. The van der Waals surface area contributed by atoms with Crippen LogP contribution in [0.1, 0.15) is 24.4 Å². The molecule has 0 aliphatic rings. The molecule has 0 fully saturated rings. The van der Waals surface area contributed by atoms with Crippen LogP contribution in [0.4, 0.5) is 4.39 Å². The molecule has 2 aromatic rings. The highest BCUT2D eigenvalue weighted by Gasteiger charge is 2.08. The van der Waals surface area contributed by atoms with E-state index in [0.717, 1.165) is 5.56 Å². The second-order valence-corrected chi connectivity index (χ2v) is 4.34. The Hall–Kier alpha value is -1.46. The highest BCUT2D eigenvalue weighted by Crippen LogP contribution is 2.20. The van der Waals surface area contributed by atoms with Crippen molar-refractivity contribution in [2.45, 2.75) is 19.4 Å². The first-order valence-electron chi connectivity index (χ1n) is 5.60. The molecule has 4 nitrogen and oxygen atoms in total. The standard InChI is InChI=1S/C12H13ClFN3O/c1-8(9-2-3-11(14)10(13)6-9)15-5-4-12-16-7-17-18-12/h2-3,6-8,15H,4-5H2,1H3. The number of hydrogen-bond donors (Lipinski definition) is 1. The lowest BCUT2D eigenvalue weighted by Gasteiger charge is -2.13. The molecule has 0 amide bonds. The average molecular weight is 270 g/mol. The fourth-order valence-electron chi connectivity index (χ4n) is 1.60. The molecule has 0 spiro atoms. The van der Waals surface area contributed by atoms with Crippen molar-refractivity contribution in [3.05, 3.63) is 46.8 Å². The zero-order valence-electron chi connectivity index (χ0n) is 9.86. The predicted molar refractivity (Wildman–Crippen MR) is 65.8 cm³/mol. The van der Waals surface area contributed by atoms with E-state index >= 15 is 0 Å². The Morgan fingerprint density at radius 2 is 2.33 bits per heavy atom. The van der Waals surface area contributed by atoms with Gasteiger partial charge in [-0.25, -0.2) is 4.39 Å². The third-order valence-electron chi connectivity index (χ3n) is 2.64. The summed E-state index contributed by atoms with van der Waals surface area (Å²) >= 11 is 5.74. The summed E-state index contributed by atoms with van der Waals surface area (Å²) in [6.45, 7) is 2.68. The lowest BCUT2D eigenvalue weighted by molar-refractivity contribution is 0.372. The first-order chi connectivity index (χ1) is 8.66. The second kappa shape index (κ2) is 5.93. The van der Waals surface area contributed by atoms with Gasteiger partial charge in [-0.2, -0.15) is 4.98 Å². The van der Waals surface area contributed by atoms with Gasteiger partial charge in [0.25, 0.3) is 0 Å². The van der Waals surface area contributed by atoms with E-state index in [9.17, 15) is 4.39 Å². The van der Waals surface area contributed by atoms with Crippen LogP contribution in [0.2, 0.25) is 5.02 Å². The number of nitrogens with one attached hydrogen (secondary N) is 1. The molecule has 1 N–H and O–H groups in total. The van der Waals surface area contributed by atoms with Crippen molar-refractivity contribution in [1.29, 1.82) is 0 Å². The molecule has 6 heteroatoms. The normalized spacial score (nSPS) is 12.6. The van der Waals surface area contributed by atoms with Crippen LogP contribution in [-0.2, 0) is 6.42 Å². The van der Waals surface area contributed by atoms with Crippen molar-refractivity contribution in [1.82, 2.24) is 15.5 Å². The molecule has 0 saturated heterocycles. The Balaban J connectivity index is 1.87. The molecule has 1 heterocycles. The quantitative estimate of drug-likeness (QED) is 0.907. The Kier molecular flexibility index (Phi) is 4.28. The molecular weight excluding hydrogens is 257 g/mol. The first-order valence-corrected chi connectivity index (χ1v) is 5.98. The van der Waals surface area contributed by atoms with E-state index in [1.54, 1.807) is 12.1 Å². The summed E-state index contributed by atoms with van der Waals surface area (Å²) in [5.41, 5.74) is 0.937. The van der Waals surface area contributed by atoms with Crippen LogP contribution in [0.5, 0.6) is 0 Å². The summed E-state index contributed by atoms with van der Waals surface area (Å²) in [6.07, 6.45) is 2.03. The minimum Gasteiger partial charge on any atom is -0.340 e. The van der Waals surface area contributed by atoms with Gasteiger partial charge in [-0.05, 0) is 24.6 Å². The van der Waals surface area contributed by atoms with E-state index in [1.165, 1.54) is 12.4 Å². The largest absolute Gasteiger partial charge is 0.340 e. The van der Waals surface area contributed by atoms with Crippen molar-refractivity contribution < 1.29 is 8.91 Å². The molecule has 18 heavy (non-hydrogen) atoms. The average Bonchev–Trinajstić information content (AvgIpc) is 2.85. The molecule has 96 valence electrons. The minimum absolute atomic E-state index is 0.0750. The van der Waals surface area contributed by atoms with Crippen LogP contribution in [0, 0.1) is 5.82 Å². The number of hydrogen-bond acceptors (Lipinski definition) is 4. The fraction of sp³-hybridized carbons (Fsp3) is 0.333. The van der Waals surface area contributed by atoms with E-state index in [2.05, 4.69) is 15.5 Å². The van der Waals surface area contributed by atoms with Crippen LogP contribution in [0.25, 0.3) is 0 Å². The molecule has 1 aromatic heterocycles. The maximum Gasteiger partial charge on any atom is 0.227 e. The number of halogens is 2. The Labute approximate surface area is 109 Å². The highest BCUT2D eigenvalue weighted by molar-refractivity contribution is 6.30. The van der Waals surface area contributed by atoms with Gasteiger partial charge in [-0.1, -0.05) is 22.8 Å². The van der Waals surface area contributed by atoms with E-state index in [1.807, 2.05) is 6.92 Å². The lowest BCUT2D eigenvalue weighted by Crippen LogP contribution is -2.21. The molecule has 1 aromatic carbocycles. The molecule has 0 aliphatic carbocycles. The van der Waals surface area contributed by atoms with Crippen LogP contribution in [0.3, 0.4) is 0 Å². The Morgan fingerprint density at radius 3 is 3.00 bits per heavy atom. The second-order valence-electron chi connectivity index (χ2n) is 3.93. The van der Waals surface area contributed by atoms with Gasteiger partial charge in [0.2, 0.25) is 5.89 Å². The van der Waals surface area contributed by atoms with Gasteiger partial charge in [0.1, 0.15) is 5.82 Å². The van der Waals surface area contributed by atoms with E-state index in [0.29, 0.717) is 18.9 Å². The van der Waals surface area contributed by atoms with Gasteiger partial charge < -0.3 is 9.84 Å². The van der Waals surface area contributed by atoms with Crippen molar-refractivity contribution in [2.24, 2.45) is 0 Å². The predicted octanol–water partition coefficient (Wildman–Crippen LogP) is 2.76. The maximum absolute atomic E-state index is 13.0. The fourth-order valence-corrected chi connectivity index (χ4v) is 1.79. The maximum atomic E-state index is 13.0. The van der Waals surface area contributed by atoms with E-state index in [-0.39, 0.29) is 11.1 Å². The third kappa shape index (κ3) is 3.27. The minimum atomic E-state index is -0.404. The van der Waals surface area contributed by atoms with Crippen molar-refractivity contribution in [3.8, 4) is 0 Å². The van der Waals surface area contributed by atoms with Crippen LogP contribution in [0.15, 0.2) is 29.0 Å². The number of benzene rings is 1. The molecule has 1 unspecified atom stereocenters. The highest BCUT2D eigenvalue weighted by atomic mass is 35.5. The first kappa shape index (κ1) is 13.0. The van der Waals surface area contributed by atoms with E-state index in [4.69, 9.17) is 16.1 Å². The SMILES string of the molecule is CC(NCCc1ncno1)c1ccc(F)c(Cl)c1. The topological polar surface area (TPSA) is 51.0 Å². The summed E-state index contributed by atoms with van der Waals surface area (Å²) in [6, 6.07) is 4.78. The number of nitrogens with zero attached hydrogens (tertiary/aromatic N) is 2. The third-order valence-corrected chi connectivity index (χ3v) is 2.93. The molecule has 0 bridgehead atoms. The van der Waals surface area contributed by atoms with E-state index < -0.39 is 5.82 Å². The molecular formula is C12H13ClFN3O. The van der Waals surface area contributed by atoms with Gasteiger partial charge >= 0.3 is 0 Å². The zero-order chi connectivity index (χ0) is 13.0. The molecule has 1 atom stereocenters. The molecule has 0 radical (unpaired) electrons. The van der Waals surface area contributed by atoms with Gasteiger partial charge in [0.15, 0.2) is 6.33 Å². The summed E-state index contributed by atoms with van der Waals surface area (Å²) < 4.78 is 17.9. The van der Waals surface area contributed by atoms with Gasteiger partial charge in [-0.3, -0.25) is 0 Å². The molecule has 0 saturated carbocycles.